The summed E-state index contributed by atoms with van der Waals surface area (Å²) in [5.41, 5.74) is 1.13. The molecule has 158 valence electrons. The summed E-state index contributed by atoms with van der Waals surface area (Å²) >= 11 is 0. The molecule has 10 heteroatoms. The van der Waals surface area contributed by atoms with Gasteiger partial charge in [0.2, 0.25) is 11.7 Å². The molecule has 0 unspecified atom stereocenters. The quantitative estimate of drug-likeness (QED) is 0.490. The van der Waals surface area contributed by atoms with Crippen molar-refractivity contribution in [2.45, 2.75) is 26.2 Å². The average molecular weight is 421 g/mol. The zero-order valence-electron chi connectivity index (χ0n) is 17.2. The van der Waals surface area contributed by atoms with Gasteiger partial charge in [0.25, 0.3) is 5.91 Å². The predicted molar refractivity (Wildman–Crippen MR) is 109 cm³/mol. The van der Waals surface area contributed by atoms with Crippen molar-refractivity contribution in [3.05, 3.63) is 65.8 Å². The van der Waals surface area contributed by atoms with Crippen LogP contribution in [0.25, 0.3) is 22.8 Å². The lowest BCUT2D eigenvalue weighted by Crippen LogP contribution is -2.37. The summed E-state index contributed by atoms with van der Waals surface area (Å²) in [6.45, 7) is 5.85. The maximum Gasteiger partial charge on any atom is 0.252 e. The molecular formula is C21H20FN7O2. The lowest BCUT2D eigenvalue weighted by atomic mass is 9.92. The van der Waals surface area contributed by atoms with Gasteiger partial charge in [-0.15, -0.1) is 0 Å². The number of aromatic amines is 1. The Morgan fingerprint density at radius 1 is 1.13 bits per heavy atom. The van der Waals surface area contributed by atoms with Crippen molar-refractivity contribution >= 4 is 5.91 Å². The number of benzene rings is 1. The first kappa shape index (κ1) is 20.3. The van der Waals surface area contributed by atoms with Gasteiger partial charge in [-0.25, -0.2) is 9.37 Å². The van der Waals surface area contributed by atoms with Gasteiger partial charge in [0.05, 0.1) is 5.56 Å². The highest BCUT2D eigenvalue weighted by Crippen LogP contribution is 2.22. The van der Waals surface area contributed by atoms with Gasteiger partial charge in [-0.3, -0.25) is 14.9 Å². The summed E-state index contributed by atoms with van der Waals surface area (Å²) in [6, 6.07) is 7.59. The zero-order valence-corrected chi connectivity index (χ0v) is 17.2. The second kappa shape index (κ2) is 8.05. The van der Waals surface area contributed by atoms with Crippen LogP contribution in [0.15, 0.2) is 47.2 Å². The summed E-state index contributed by atoms with van der Waals surface area (Å²) in [5, 5.41) is 13.9. The van der Waals surface area contributed by atoms with Gasteiger partial charge in [-0.1, -0.05) is 19.0 Å². The molecule has 3 heterocycles. The van der Waals surface area contributed by atoms with Gasteiger partial charge in [0, 0.05) is 42.4 Å². The Balaban J connectivity index is 1.45. The standard InChI is InChI=1S/C21H20FN7O2/c1-12-25-18(29-31-12)14-8-15(10-23-9-14)19(30)24-11-21(2,3)20-26-17(27-28-20)13-4-6-16(22)7-5-13/h4-10H,11H2,1-3H3,(H,24,30)(H,26,27,28). The monoisotopic (exact) mass is 421 g/mol. The van der Waals surface area contributed by atoms with E-state index >= 15 is 0 Å². The highest BCUT2D eigenvalue weighted by atomic mass is 19.1. The fraction of sp³-hybridized carbons (Fsp3) is 0.238. The summed E-state index contributed by atoms with van der Waals surface area (Å²) < 4.78 is 18.1. The molecule has 1 amide bonds. The van der Waals surface area contributed by atoms with Crippen LogP contribution in [0.3, 0.4) is 0 Å². The highest BCUT2D eigenvalue weighted by molar-refractivity contribution is 5.94. The normalized spacial score (nSPS) is 11.5. The first-order valence-electron chi connectivity index (χ1n) is 9.54. The van der Waals surface area contributed by atoms with E-state index in [4.69, 9.17) is 4.52 Å². The van der Waals surface area contributed by atoms with Crippen LogP contribution in [0.5, 0.6) is 0 Å². The Hall–Kier alpha value is -3.95. The van der Waals surface area contributed by atoms with Crippen molar-refractivity contribution in [1.29, 1.82) is 0 Å². The fourth-order valence-electron chi connectivity index (χ4n) is 2.88. The fourth-order valence-corrected chi connectivity index (χ4v) is 2.88. The molecule has 0 saturated heterocycles. The molecule has 0 fully saturated rings. The molecule has 0 aliphatic heterocycles. The first-order valence-corrected chi connectivity index (χ1v) is 9.54. The van der Waals surface area contributed by atoms with Crippen LogP contribution in [-0.4, -0.2) is 42.8 Å². The van der Waals surface area contributed by atoms with Crippen LogP contribution in [0.2, 0.25) is 0 Å². The van der Waals surface area contributed by atoms with E-state index < -0.39 is 5.41 Å². The van der Waals surface area contributed by atoms with Crippen LogP contribution < -0.4 is 5.32 Å². The highest BCUT2D eigenvalue weighted by Gasteiger charge is 2.26. The number of amides is 1. The van der Waals surface area contributed by atoms with E-state index in [1.807, 2.05) is 13.8 Å². The average Bonchev–Trinajstić information content (AvgIpc) is 3.43. The van der Waals surface area contributed by atoms with Gasteiger partial charge < -0.3 is 9.84 Å². The van der Waals surface area contributed by atoms with Gasteiger partial charge >= 0.3 is 0 Å². The Labute approximate surface area is 177 Å². The van der Waals surface area contributed by atoms with E-state index in [1.54, 1.807) is 31.3 Å². The molecular weight excluding hydrogens is 401 g/mol. The molecule has 0 aliphatic carbocycles. The third kappa shape index (κ3) is 4.47. The molecule has 3 aromatic heterocycles. The number of hydrogen-bond acceptors (Lipinski definition) is 7. The first-order chi connectivity index (χ1) is 14.8. The topological polar surface area (TPSA) is 122 Å². The number of aromatic nitrogens is 6. The Bertz CT molecular complexity index is 1210. The largest absolute Gasteiger partial charge is 0.351 e. The number of hydrogen-bond donors (Lipinski definition) is 2. The SMILES string of the molecule is Cc1nc(-c2cncc(C(=O)NCC(C)(C)c3nc(-c4ccc(F)cc4)n[nH]3)c2)no1. The maximum absolute atomic E-state index is 13.1. The lowest BCUT2D eigenvalue weighted by Gasteiger charge is -2.22. The van der Waals surface area contributed by atoms with Crippen molar-refractivity contribution in [3.63, 3.8) is 0 Å². The second-order valence-corrected chi connectivity index (χ2v) is 7.68. The van der Waals surface area contributed by atoms with E-state index in [1.165, 1.54) is 18.3 Å². The predicted octanol–water partition coefficient (Wildman–Crippen LogP) is 3.07. The summed E-state index contributed by atoms with van der Waals surface area (Å²) in [6.07, 6.45) is 3.04. The van der Waals surface area contributed by atoms with E-state index in [-0.39, 0.29) is 11.7 Å². The molecule has 31 heavy (non-hydrogen) atoms. The number of H-pyrrole nitrogens is 1. The number of carbonyl (C=O) groups is 1. The minimum absolute atomic E-state index is 0.291. The zero-order chi connectivity index (χ0) is 22.0. The molecule has 0 aliphatic rings. The van der Waals surface area contributed by atoms with E-state index in [9.17, 15) is 9.18 Å². The van der Waals surface area contributed by atoms with Gasteiger partial charge in [-0.2, -0.15) is 10.1 Å². The number of nitrogens with zero attached hydrogens (tertiary/aromatic N) is 5. The van der Waals surface area contributed by atoms with E-state index in [2.05, 4.69) is 35.6 Å². The molecule has 0 radical (unpaired) electrons. The minimum Gasteiger partial charge on any atom is -0.351 e. The molecule has 0 saturated carbocycles. The van der Waals surface area contributed by atoms with Crippen LogP contribution >= 0.6 is 0 Å². The number of pyridine rings is 1. The molecule has 2 N–H and O–H groups in total. The summed E-state index contributed by atoms with van der Waals surface area (Å²) in [5.74, 6) is 1.24. The number of carbonyl (C=O) groups excluding carboxylic acids is 1. The van der Waals surface area contributed by atoms with Crippen molar-refractivity contribution < 1.29 is 13.7 Å². The summed E-state index contributed by atoms with van der Waals surface area (Å²) in [7, 11) is 0. The molecule has 0 spiro atoms. The van der Waals surface area contributed by atoms with E-state index in [0.29, 0.717) is 46.6 Å². The van der Waals surface area contributed by atoms with Crippen molar-refractivity contribution in [2.24, 2.45) is 0 Å². The van der Waals surface area contributed by atoms with E-state index in [0.717, 1.165) is 0 Å². The molecule has 0 bridgehead atoms. The van der Waals surface area contributed by atoms with Crippen molar-refractivity contribution in [2.75, 3.05) is 6.54 Å². The molecule has 4 rings (SSSR count). The van der Waals surface area contributed by atoms with Crippen molar-refractivity contribution in [3.8, 4) is 22.8 Å². The van der Waals surface area contributed by atoms with Crippen molar-refractivity contribution in [1.82, 2.24) is 35.6 Å². The Kier molecular flexibility index (Phi) is 5.28. The molecule has 1 aromatic carbocycles. The van der Waals surface area contributed by atoms with Crippen LogP contribution in [0.4, 0.5) is 4.39 Å². The maximum atomic E-state index is 13.1. The Morgan fingerprint density at radius 3 is 2.61 bits per heavy atom. The lowest BCUT2D eigenvalue weighted by molar-refractivity contribution is 0.0944. The summed E-state index contributed by atoms with van der Waals surface area (Å²) in [4.78, 5) is 25.4. The smallest absolute Gasteiger partial charge is 0.252 e. The third-order valence-electron chi connectivity index (χ3n) is 4.71. The number of aryl methyl sites for hydroxylation is 1. The number of halogens is 1. The number of nitrogens with one attached hydrogen (secondary N) is 2. The van der Waals surface area contributed by atoms with Gasteiger partial charge in [-0.05, 0) is 30.3 Å². The second-order valence-electron chi connectivity index (χ2n) is 7.68. The molecule has 9 nitrogen and oxygen atoms in total. The number of rotatable bonds is 6. The van der Waals surface area contributed by atoms with Crippen LogP contribution in [0, 0.1) is 12.7 Å². The van der Waals surface area contributed by atoms with Gasteiger partial charge in [0.15, 0.2) is 5.82 Å². The van der Waals surface area contributed by atoms with Crippen LogP contribution in [0.1, 0.15) is 35.9 Å². The van der Waals surface area contributed by atoms with Crippen LogP contribution in [-0.2, 0) is 5.41 Å². The Morgan fingerprint density at radius 2 is 1.90 bits per heavy atom. The third-order valence-corrected chi connectivity index (χ3v) is 4.71. The molecule has 0 atom stereocenters. The van der Waals surface area contributed by atoms with Gasteiger partial charge in [0.1, 0.15) is 11.6 Å². The minimum atomic E-state index is -0.531. The molecule has 4 aromatic rings.